The zero-order valence-corrected chi connectivity index (χ0v) is 19.3. The van der Waals surface area contributed by atoms with E-state index < -0.39 is 18.3 Å². The van der Waals surface area contributed by atoms with Gasteiger partial charge in [0.25, 0.3) is 0 Å². The molecule has 0 saturated heterocycles. The highest BCUT2D eigenvalue weighted by Crippen LogP contribution is 2.32. The predicted octanol–water partition coefficient (Wildman–Crippen LogP) is 5.84. The number of rotatable bonds is 6. The van der Waals surface area contributed by atoms with Crippen LogP contribution < -0.4 is 5.32 Å². The Labute approximate surface area is 201 Å². The van der Waals surface area contributed by atoms with Crippen LogP contribution in [-0.4, -0.2) is 38.9 Å². The van der Waals surface area contributed by atoms with Gasteiger partial charge in [-0.1, -0.05) is 59.2 Å². The Morgan fingerprint density at radius 1 is 1.21 bits per heavy atom. The molecule has 3 aromatic rings. The maximum atomic E-state index is 12.6. The molecule has 176 valence electrons. The number of carbonyl (C=O) groups is 2. The molecule has 34 heavy (non-hydrogen) atoms. The summed E-state index contributed by atoms with van der Waals surface area (Å²) in [6.07, 6.45) is 1.07. The number of nitrogens with one attached hydrogen (secondary N) is 1. The summed E-state index contributed by atoms with van der Waals surface area (Å²) < 4.78 is 11.0. The van der Waals surface area contributed by atoms with Gasteiger partial charge in [-0.3, -0.25) is 10.2 Å². The fourth-order valence-corrected chi connectivity index (χ4v) is 3.85. The van der Waals surface area contributed by atoms with Crippen LogP contribution in [0.3, 0.4) is 0 Å². The minimum absolute atomic E-state index is 0.279. The second-order valence-electron chi connectivity index (χ2n) is 7.80. The van der Waals surface area contributed by atoms with Crippen molar-refractivity contribution in [3.05, 3.63) is 82.8 Å². The maximum Gasteiger partial charge on any atom is 0.412 e. The molecule has 0 bridgehead atoms. The van der Waals surface area contributed by atoms with Crippen molar-refractivity contribution in [2.45, 2.75) is 26.5 Å². The Kier molecular flexibility index (Phi) is 6.74. The van der Waals surface area contributed by atoms with Gasteiger partial charge < -0.3 is 19.3 Å². The molecule has 0 saturated carbocycles. The number of aromatic nitrogens is 1. The average molecular weight is 483 g/mol. The molecule has 0 radical (unpaired) electrons. The monoisotopic (exact) mass is 482 g/mol. The summed E-state index contributed by atoms with van der Waals surface area (Å²) in [5.41, 5.74) is 3.35. The fourth-order valence-electron chi connectivity index (χ4n) is 3.56. The number of anilines is 1. The van der Waals surface area contributed by atoms with E-state index >= 15 is 0 Å². The zero-order valence-electron chi connectivity index (χ0n) is 18.6. The van der Waals surface area contributed by atoms with E-state index in [1.165, 1.54) is 11.1 Å². The van der Waals surface area contributed by atoms with Crippen LogP contribution in [0.2, 0.25) is 5.02 Å². The van der Waals surface area contributed by atoms with Gasteiger partial charge in [0, 0.05) is 35.1 Å². The van der Waals surface area contributed by atoms with E-state index in [4.69, 9.17) is 26.0 Å². The van der Waals surface area contributed by atoms with Crippen molar-refractivity contribution in [2.24, 2.45) is 0 Å². The van der Waals surface area contributed by atoms with E-state index in [0.717, 1.165) is 11.1 Å². The quantitative estimate of drug-likeness (QED) is 0.454. The first kappa shape index (κ1) is 23.2. The average Bonchev–Trinajstić information content (AvgIpc) is 3.42. The predicted molar refractivity (Wildman–Crippen MR) is 126 cm³/mol. The minimum Gasteiger partial charge on any atom is -0.465 e. The second-order valence-corrected chi connectivity index (χ2v) is 8.21. The third-order valence-electron chi connectivity index (χ3n) is 5.36. The smallest absolute Gasteiger partial charge is 0.412 e. The molecule has 2 N–H and O–H groups in total. The van der Waals surface area contributed by atoms with Crippen LogP contribution in [0.25, 0.3) is 11.3 Å². The lowest BCUT2D eigenvalue weighted by Gasteiger charge is -2.18. The Bertz CT molecular complexity index is 1220. The molecule has 0 aliphatic carbocycles. The Hall–Kier alpha value is -3.98. The third kappa shape index (κ3) is 5.15. The number of amides is 2. The van der Waals surface area contributed by atoms with Crippen LogP contribution in [0.1, 0.15) is 29.8 Å². The number of nitrogens with zero attached hydrogens (tertiary/aromatic N) is 3. The molecule has 2 amide bonds. The van der Waals surface area contributed by atoms with Gasteiger partial charge in [0.2, 0.25) is 0 Å². The number of carbonyl (C=O) groups excluding carboxylic acids is 1. The van der Waals surface area contributed by atoms with E-state index in [0.29, 0.717) is 34.3 Å². The topological polar surface area (TPSA) is 108 Å². The van der Waals surface area contributed by atoms with Gasteiger partial charge in [-0.15, -0.1) is 0 Å². The molecule has 4 rings (SSSR count). The lowest BCUT2D eigenvalue weighted by atomic mass is 10.1. The summed E-state index contributed by atoms with van der Waals surface area (Å²) in [5.74, 6) is 0.407. The van der Waals surface area contributed by atoms with E-state index in [1.54, 1.807) is 32.2 Å². The van der Waals surface area contributed by atoms with Gasteiger partial charge in [0.15, 0.2) is 5.76 Å². The van der Waals surface area contributed by atoms with Gasteiger partial charge in [-0.05, 0) is 25.5 Å². The first-order valence-electron chi connectivity index (χ1n) is 10.5. The van der Waals surface area contributed by atoms with Crippen molar-refractivity contribution in [1.82, 2.24) is 15.0 Å². The number of benzene rings is 2. The van der Waals surface area contributed by atoms with Crippen molar-refractivity contribution in [1.29, 1.82) is 0 Å². The van der Waals surface area contributed by atoms with Gasteiger partial charge in [-0.2, -0.15) is 0 Å². The molecule has 1 aliphatic heterocycles. The first-order chi connectivity index (χ1) is 16.3. The molecule has 1 aromatic heterocycles. The van der Waals surface area contributed by atoms with Crippen LogP contribution in [-0.2, 0) is 11.3 Å². The van der Waals surface area contributed by atoms with E-state index in [-0.39, 0.29) is 6.67 Å². The van der Waals surface area contributed by atoms with Gasteiger partial charge in [0.05, 0.1) is 0 Å². The van der Waals surface area contributed by atoms with Crippen LogP contribution >= 0.6 is 11.6 Å². The Morgan fingerprint density at radius 2 is 1.94 bits per heavy atom. The van der Waals surface area contributed by atoms with Crippen LogP contribution in [0.5, 0.6) is 0 Å². The number of hydrogen-bond donors (Lipinski definition) is 2. The van der Waals surface area contributed by atoms with Crippen LogP contribution in [0, 0.1) is 6.92 Å². The van der Waals surface area contributed by atoms with Crippen molar-refractivity contribution >= 4 is 29.5 Å². The van der Waals surface area contributed by atoms with Crippen molar-refractivity contribution in [3.8, 4) is 11.3 Å². The summed E-state index contributed by atoms with van der Waals surface area (Å²) >= 11 is 6.19. The summed E-state index contributed by atoms with van der Waals surface area (Å²) in [6.45, 7) is 4.29. The third-order valence-corrected chi connectivity index (χ3v) is 5.70. The summed E-state index contributed by atoms with van der Waals surface area (Å²) in [5, 5.41) is 16.3. The van der Waals surface area contributed by atoms with Gasteiger partial charge >= 0.3 is 12.2 Å². The molecule has 1 unspecified atom stereocenters. The highest BCUT2D eigenvalue weighted by Gasteiger charge is 2.21. The summed E-state index contributed by atoms with van der Waals surface area (Å²) in [6, 6.07) is 14.7. The number of hydrogen-bond acceptors (Lipinski definition) is 6. The van der Waals surface area contributed by atoms with E-state index in [2.05, 4.69) is 10.5 Å². The minimum atomic E-state index is -0.991. The van der Waals surface area contributed by atoms with E-state index in [9.17, 15) is 9.59 Å². The number of halogens is 1. The Balaban J connectivity index is 1.42. The normalized spacial score (nSPS) is 13.7. The largest absolute Gasteiger partial charge is 0.465 e. The highest BCUT2D eigenvalue weighted by molar-refractivity contribution is 6.31. The number of carboxylic acid groups (broad SMARTS) is 1. The lowest BCUT2D eigenvalue weighted by molar-refractivity contribution is 0.121. The molecule has 10 heteroatoms. The van der Waals surface area contributed by atoms with E-state index in [1.807, 2.05) is 41.3 Å². The maximum absolute atomic E-state index is 12.6. The molecular formula is C24H23ClN4O5. The SMILES string of the molecule is Cc1noc(-c2ccc(CN3C=CN(C(=O)O)C3)cc2)c1NC(=O)OC(C)c1ccccc1Cl. The molecule has 1 atom stereocenters. The molecule has 2 heterocycles. The molecule has 1 aliphatic rings. The second kappa shape index (κ2) is 9.88. The molecule has 0 fully saturated rings. The van der Waals surface area contributed by atoms with Crippen molar-refractivity contribution in [3.63, 3.8) is 0 Å². The standard InChI is InChI=1S/C24H23ClN4O5/c1-15-21(26-23(30)33-16(2)19-5-3-4-6-20(19)25)22(34-27-15)18-9-7-17(8-10-18)13-28-11-12-29(14-28)24(31)32/h3-12,16H,13-14H2,1-2H3,(H,26,30)(H,31,32). The van der Waals surface area contributed by atoms with Crippen molar-refractivity contribution in [2.75, 3.05) is 12.0 Å². The molecule has 2 aromatic carbocycles. The zero-order chi connectivity index (χ0) is 24.2. The summed E-state index contributed by atoms with van der Waals surface area (Å²) in [7, 11) is 0. The number of aryl methyl sites for hydroxylation is 1. The number of ether oxygens (including phenoxy) is 1. The molecular weight excluding hydrogens is 460 g/mol. The van der Waals surface area contributed by atoms with Crippen LogP contribution in [0.4, 0.5) is 15.3 Å². The molecule has 9 nitrogen and oxygen atoms in total. The Morgan fingerprint density at radius 3 is 2.62 bits per heavy atom. The highest BCUT2D eigenvalue weighted by atomic mass is 35.5. The lowest BCUT2D eigenvalue weighted by Crippen LogP contribution is -2.28. The van der Waals surface area contributed by atoms with Gasteiger partial charge in [0.1, 0.15) is 24.2 Å². The van der Waals surface area contributed by atoms with Crippen LogP contribution in [0.15, 0.2) is 65.5 Å². The molecule has 0 spiro atoms. The fraction of sp³-hybridized carbons (Fsp3) is 0.208. The first-order valence-corrected chi connectivity index (χ1v) is 10.9. The summed E-state index contributed by atoms with van der Waals surface area (Å²) in [4.78, 5) is 26.7. The van der Waals surface area contributed by atoms with Gasteiger partial charge in [-0.25, -0.2) is 9.59 Å². The van der Waals surface area contributed by atoms with Crippen molar-refractivity contribution < 1.29 is 24.0 Å².